The molecule has 1 aliphatic rings. The van der Waals surface area contributed by atoms with E-state index in [-0.39, 0.29) is 22.9 Å². The lowest BCUT2D eigenvalue weighted by Crippen LogP contribution is -2.12. The highest BCUT2D eigenvalue weighted by molar-refractivity contribution is 6.34. The molecule has 1 aromatic rings. The van der Waals surface area contributed by atoms with Crippen molar-refractivity contribution in [3.05, 3.63) is 40.3 Å². The van der Waals surface area contributed by atoms with E-state index in [1.165, 1.54) is 12.5 Å². The molecule has 19 heavy (non-hydrogen) atoms. The largest absolute Gasteiger partial charge is 0.462 e. The highest BCUT2D eigenvalue weighted by Gasteiger charge is 2.26. The predicted octanol–water partition coefficient (Wildman–Crippen LogP) is 2.92. The molecule has 0 bridgehead atoms. The molecular formula is C13H14ClNO4. The zero-order valence-corrected chi connectivity index (χ0v) is 11.4. The average Bonchev–Trinajstić information content (AvgIpc) is 2.88. The van der Waals surface area contributed by atoms with Crippen molar-refractivity contribution >= 4 is 23.3 Å². The van der Waals surface area contributed by atoms with Gasteiger partial charge in [-0.2, -0.15) is 0 Å². The van der Waals surface area contributed by atoms with Gasteiger partial charge in [-0.15, -0.1) is 0 Å². The Morgan fingerprint density at radius 2 is 2.11 bits per heavy atom. The van der Waals surface area contributed by atoms with Crippen molar-refractivity contribution in [2.24, 2.45) is 0 Å². The molecule has 0 unspecified atom stereocenters. The van der Waals surface area contributed by atoms with Crippen molar-refractivity contribution in [3.8, 4) is 0 Å². The Morgan fingerprint density at radius 3 is 2.68 bits per heavy atom. The first kappa shape index (κ1) is 13.5. The molecule has 1 heterocycles. The minimum absolute atomic E-state index is 0.166. The number of rotatable bonds is 3. The van der Waals surface area contributed by atoms with Crippen LogP contribution in [0.15, 0.2) is 18.6 Å². The fourth-order valence-electron chi connectivity index (χ4n) is 1.85. The number of carbonyl (C=O) groups excluding carboxylic acids is 1. The summed E-state index contributed by atoms with van der Waals surface area (Å²) in [6.07, 6.45) is 2.22. The van der Waals surface area contributed by atoms with Crippen LogP contribution in [0.1, 0.15) is 34.7 Å². The summed E-state index contributed by atoms with van der Waals surface area (Å²) in [5.74, 6) is -0.497. The minimum Gasteiger partial charge on any atom is -0.462 e. The molecule has 0 aliphatic carbocycles. The number of esters is 1. The quantitative estimate of drug-likeness (QED) is 0.682. The number of hydrogen-bond donors (Lipinski definition) is 1. The Morgan fingerprint density at radius 1 is 1.47 bits per heavy atom. The van der Waals surface area contributed by atoms with Gasteiger partial charge < -0.3 is 19.9 Å². The fourth-order valence-corrected chi connectivity index (χ4v) is 2.19. The molecule has 2 N–H and O–H groups in total. The molecule has 0 spiro atoms. The number of ether oxygens (including phenoxy) is 3. The number of halogens is 1. The van der Waals surface area contributed by atoms with E-state index in [0.29, 0.717) is 5.56 Å². The number of benzene rings is 1. The second-order valence-electron chi connectivity index (χ2n) is 3.98. The molecule has 0 fully saturated rings. The van der Waals surface area contributed by atoms with Crippen LogP contribution in [0.3, 0.4) is 0 Å². The van der Waals surface area contributed by atoms with E-state index in [0.717, 1.165) is 5.56 Å². The van der Waals surface area contributed by atoms with Gasteiger partial charge in [0.05, 0.1) is 28.4 Å². The van der Waals surface area contributed by atoms with Gasteiger partial charge in [0.2, 0.25) is 0 Å². The van der Waals surface area contributed by atoms with Crippen LogP contribution in [-0.4, -0.2) is 12.6 Å². The average molecular weight is 284 g/mol. The van der Waals surface area contributed by atoms with Crippen molar-refractivity contribution in [1.29, 1.82) is 0 Å². The maximum absolute atomic E-state index is 11.8. The first-order valence-corrected chi connectivity index (χ1v) is 6.15. The van der Waals surface area contributed by atoms with Crippen LogP contribution in [0.2, 0.25) is 5.02 Å². The van der Waals surface area contributed by atoms with E-state index in [2.05, 4.69) is 0 Å². The monoisotopic (exact) mass is 283 g/mol. The third-order valence-corrected chi connectivity index (χ3v) is 3.15. The molecule has 0 saturated heterocycles. The number of nitrogens with two attached hydrogens (primary N) is 1. The second kappa shape index (κ2) is 5.40. The van der Waals surface area contributed by atoms with Gasteiger partial charge in [-0.1, -0.05) is 11.6 Å². The Bertz CT molecular complexity index is 534. The molecule has 6 heteroatoms. The van der Waals surface area contributed by atoms with Gasteiger partial charge >= 0.3 is 5.97 Å². The van der Waals surface area contributed by atoms with Crippen molar-refractivity contribution in [3.63, 3.8) is 0 Å². The molecule has 0 radical (unpaired) electrons. The second-order valence-corrected chi connectivity index (χ2v) is 4.36. The lowest BCUT2D eigenvalue weighted by Gasteiger charge is -2.18. The van der Waals surface area contributed by atoms with Crippen LogP contribution >= 0.6 is 11.6 Å². The van der Waals surface area contributed by atoms with Gasteiger partial charge in [-0.25, -0.2) is 4.79 Å². The molecule has 102 valence electrons. The third-order valence-electron chi connectivity index (χ3n) is 2.74. The molecule has 1 aliphatic heterocycles. The zero-order chi connectivity index (χ0) is 14.0. The van der Waals surface area contributed by atoms with Crippen LogP contribution in [0, 0.1) is 6.92 Å². The van der Waals surface area contributed by atoms with Gasteiger partial charge in [0.25, 0.3) is 6.29 Å². The van der Waals surface area contributed by atoms with Gasteiger partial charge in [-0.05, 0) is 25.5 Å². The summed E-state index contributed by atoms with van der Waals surface area (Å²) in [5.41, 5.74) is 7.66. The lowest BCUT2D eigenvalue weighted by atomic mass is 10.0. The zero-order valence-electron chi connectivity index (χ0n) is 10.6. The molecule has 0 amide bonds. The number of anilines is 1. The predicted molar refractivity (Wildman–Crippen MR) is 70.6 cm³/mol. The topological polar surface area (TPSA) is 70.8 Å². The first-order chi connectivity index (χ1) is 9.06. The highest BCUT2D eigenvalue weighted by atomic mass is 35.5. The van der Waals surface area contributed by atoms with E-state index in [9.17, 15) is 4.79 Å². The number of hydrogen-bond acceptors (Lipinski definition) is 5. The molecular weight excluding hydrogens is 270 g/mol. The number of aryl methyl sites for hydroxylation is 1. The number of nitrogen functional groups attached to an aromatic ring is 1. The fraction of sp³-hybridized carbons (Fsp3) is 0.308. The number of carbonyl (C=O) groups is 1. The molecule has 1 aromatic carbocycles. The highest BCUT2D eigenvalue weighted by Crippen LogP contribution is 2.38. The van der Waals surface area contributed by atoms with Crippen molar-refractivity contribution < 1.29 is 19.0 Å². The van der Waals surface area contributed by atoms with Crippen LogP contribution in [0.5, 0.6) is 0 Å². The van der Waals surface area contributed by atoms with Crippen LogP contribution < -0.4 is 5.73 Å². The Hall–Kier alpha value is -1.88. The minimum atomic E-state index is -0.633. The van der Waals surface area contributed by atoms with Gasteiger partial charge in [0.1, 0.15) is 12.5 Å². The summed E-state index contributed by atoms with van der Waals surface area (Å²) >= 11 is 6.21. The lowest BCUT2D eigenvalue weighted by molar-refractivity contribution is -0.0249. The summed E-state index contributed by atoms with van der Waals surface area (Å²) in [7, 11) is 0. The standard InChI is InChI=1S/C13H14ClNO4/c1-3-17-12(16)8-6-7(2)9(10(14)11(8)15)13-18-4-5-19-13/h4-6,13H,3,15H2,1-2H3. The van der Waals surface area contributed by atoms with Crippen LogP contribution in [0.4, 0.5) is 5.69 Å². The molecule has 2 rings (SSSR count). The molecule has 5 nitrogen and oxygen atoms in total. The van der Waals surface area contributed by atoms with E-state index >= 15 is 0 Å². The van der Waals surface area contributed by atoms with Gasteiger partial charge in [0, 0.05) is 0 Å². The molecule has 0 atom stereocenters. The summed E-state index contributed by atoms with van der Waals surface area (Å²) < 4.78 is 15.4. The molecule has 0 aromatic heterocycles. The normalized spacial score (nSPS) is 14.1. The van der Waals surface area contributed by atoms with Crippen molar-refractivity contribution in [1.82, 2.24) is 0 Å². The first-order valence-electron chi connectivity index (χ1n) is 5.77. The van der Waals surface area contributed by atoms with Gasteiger partial charge in [-0.3, -0.25) is 0 Å². The van der Waals surface area contributed by atoms with E-state index in [1.807, 2.05) is 0 Å². The maximum atomic E-state index is 11.8. The van der Waals surface area contributed by atoms with E-state index in [1.54, 1.807) is 19.9 Å². The van der Waals surface area contributed by atoms with Crippen molar-refractivity contribution in [2.45, 2.75) is 20.1 Å². The third kappa shape index (κ3) is 2.46. The summed E-state index contributed by atoms with van der Waals surface area (Å²) in [4.78, 5) is 11.8. The van der Waals surface area contributed by atoms with Gasteiger partial charge in [0.15, 0.2) is 0 Å². The van der Waals surface area contributed by atoms with Crippen molar-refractivity contribution in [2.75, 3.05) is 12.3 Å². The summed E-state index contributed by atoms with van der Waals surface area (Å²) in [6, 6.07) is 1.62. The smallest absolute Gasteiger partial charge is 0.340 e. The Labute approximate surface area is 115 Å². The SMILES string of the molecule is CCOC(=O)c1cc(C)c(C2OC=CO2)c(Cl)c1N. The molecule has 0 saturated carbocycles. The Kier molecular flexibility index (Phi) is 3.85. The van der Waals surface area contributed by atoms with E-state index in [4.69, 9.17) is 31.5 Å². The summed E-state index contributed by atoms with van der Waals surface area (Å²) in [5, 5.41) is 0.247. The van der Waals surface area contributed by atoms with E-state index < -0.39 is 12.3 Å². The summed E-state index contributed by atoms with van der Waals surface area (Å²) in [6.45, 7) is 3.80. The Balaban J connectivity index is 2.44. The van der Waals surface area contributed by atoms with Crippen LogP contribution in [-0.2, 0) is 14.2 Å². The maximum Gasteiger partial charge on any atom is 0.340 e. The van der Waals surface area contributed by atoms with Crippen LogP contribution in [0.25, 0.3) is 0 Å².